The van der Waals surface area contributed by atoms with Gasteiger partial charge in [-0.15, -0.1) is 22.7 Å². The smallest absolute Gasteiger partial charge is 0.348 e. The first kappa shape index (κ1) is 25.5. The SMILES string of the molecule is CC1CCC(C(=O)N(c2cc(C3=CCC(c4cn5ccsc5n4)C=C3)sc2C(=O)O)C2CCOCC2)CC1. The van der Waals surface area contributed by atoms with Crippen LogP contribution in [0.5, 0.6) is 0 Å². The predicted octanol–water partition coefficient (Wildman–Crippen LogP) is 6.62. The highest BCUT2D eigenvalue weighted by Gasteiger charge is 2.36. The number of carboxylic acid groups (broad SMARTS) is 1. The Balaban J connectivity index is 1.29. The molecule has 2 fully saturated rings. The van der Waals surface area contributed by atoms with Crippen LogP contribution < -0.4 is 4.90 Å². The molecule has 0 aromatic carbocycles. The van der Waals surface area contributed by atoms with Gasteiger partial charge in [-0.1, -0.05) is 25.2 Å². The molecule has 3 aromatic rings. The van der Waals surface area contributed by atoms with Crippen molar-refractivity contribution in [1.29, 1.82) is 0 Å². The van der Waals surface area contributed by atoms with Crippen molar-refractivity contribution in [1.82, 2.24) is 9.38 Å². The second-order valence-corrected chi connectivity index (χ2v) is 12.7. The molecule has 1 aliphatic heterocycles. The van der Waals surface area contributed by atoms with Crippen LogP contribution in [0.3, 0.4) is 0 Å². The zero-order valence-electron chi connectivity index (χ0n) is 21.5. The summed E-state index contributed by atoms with van der Waals surface area (Å²) in [6.45, 7) is 3.43. The Morgan fingerprint density at radius 3 is 2.63 bits per heavy atom. The summed E-state index contributed by atoms with van der Waals surface area (Å²) in [6, 6.07) is 1.90. The molecule has 1 atom stereocenters. The Morgan fingerprint density at radius 2 is 1.95 bits per heavy atom. The molecule has 0 bridgehead atoms. The molecule has 4 heterocycles. The van der Waals surface area contributed by atoms with Crippen LogP contribution in [0, 0.1) is 11.8 Å². The molecule has 3 aromatic heterocycles. The van der Waals surface area contributed by atoms with Gasteiger partial charge in [-0.2, -0.15) is 0 Å². The standard InChI is InChI=1S/C29H33N3O4S2/c1-18-2-4-21(5-3-18)27(33)32(22-10-13-36-14-11-22)24-16-25(38-26(24)28(34)35)20-8-6-19(7-9-20)23-17-31-12-15-37-29(31)30-23/h6,8-9,12,15-19,21-22H,2-5,7,10-11,13-14H2,1H3,(H,34,35). The first-order valence-corrected chi connectivity index (χ1v) is 15.3. The molecule has 1 amide bonds. The number of carbonyl (C=O) groups excluding carboxylic acids is 1. The summed E-state index contributed by atoms with van der Waals surface area (Å²) in [5.74, 6) is -0.0973. The highest BCUT2D eigenvalue weighted by Crippen LogP contribution is 2.41. The molecule has 38 heavy (non-hydrogen) atoms. The summed E-state index contributed by atoms with van der Waals surface area (Å²) in [7, 11) is 0. The Labute approximate surface area is 230 Å². The van der Waals surface area contributed by atoms with E-state index in [4.69, 9.17) is 9.72 Å². The van der Waals surface area contributed by atoms with Gasteiger partial charge < -0.3 is 14.7 Å². The van der Waals surface area contributed by atoms with E-state index in [1.165, 1.54) is 11.3 Å². The number of thiophene rings is 1. The van der Waals surface area contributed by atoms with E-state index >= 15 is 0 Å². The van der Waals surface area contributed by atoms with Gasteiger partial charge in [0, 0.05) is 53.7 Å². The molecule has 7 nitrogen and oxygen atoms in total. The molecule has 2 aliphatic carbocycles. The molecule has 1 unspecified atom stereocenters. The molecular weight excluding hydrogens is 518 g/mol. The maximum Gasteiger partial charge on any atom is 0.348 e. The van der Waals surface area contributed by atoms with Crippen molar-refractivity contribution in [3.05, 3.63) is 57.5 Å². The van der Waals surface area contributed by atoms with Crippen LogP contribution in [-0.2, 0) is 9.53 Å². The Bertz CT molecular complexity index is 1360. The van der Waals surface area contributed by atoms with E-state index in [-0.39, 0.29) is 28.7 Å². The van der Waals surface area contributed by atoms with Gasteiger partial charge in [0.1, 0.15) is 4.88 Å². The summed E-state index contributed by atoms with van der Waals surface area (Å²) in [5.41, 5.74) is 2.60. The van der Waals surface area contributed by atoms with E-state index in [1.54, 1.807) is 11.3 Å². The fourth-order valence-corrected chi connectivity index (χ4v) is 7.66. The van der Waals surface area contributed by atoms with Crippen LogP contribution in [-0.4, -0.2) is 45.6 Å². The van der Waals surface area contributed by atoms with E-state index in [0.29, 0.717) is 24.8 Å². The molecule has 0 radical (unpaired) electrons. The third-order valence-corrected chi connectivity index (χ3v) is 10.1. The molecule has 200 valence electrons. The number of imidazole rings is 1. The molecule has 1 saturated carbocycles. The van der Waals surface area contributed by atoms with Gasteiger partial charge in [-0.05, 0) is 62.5 Å². The number of hydrogen-bond donors (Lipinski definition) is 1. The number of rotatable bonds is 6. The topological polar surface area (TPSA) is 84.1 Å². The summed E-state index contributed by atoms with van der Waals surface area (Å²) in [5, 5.41) is 12.2. The number of thiazole rings is 1. The summed E-state index contributed by atoms with van der Waals surface area (Å²) < 4.78 is 7.64. The van der Waals surface area contributed by atoms with Crippen LogP contribution in [0.15, 0.2) is 42.1 Å². The van der Waals surface area contributed by atoms with E-state index in [9.17, 15) is 14.7 Å². The predicted molar refractivity (Wildman–Crippen MR) is 151 cm³/mol. The lowest BCUT2D eigenvalue weighted by Crippen LogP contribution is -2.47. The molecule has 6 rings (SSSR count). The van der Waals surface area contributed by atoms with Crippen molar-refractivity contribution in [2.24, 2.45) is 11.8 Å². The van der Waals surface area contributed by atoms with Crippen molar-refractivity contribution < 1.29 is 19.4 Å². The highest BCUT2D eigenvalue weighted by molar-refractivity contribution is 7.15. The maximum absolute atomic E-state index is 14.0. The number of hydrogen-bond acceptors (Lipinski definition) is 6. The van der Waals surface area contributed by atoms with Crippen LogP contribution >= 0.6 is 22.7 Å². The van der Waals surface area contributed by atoms with Crippen LogP contribution in [0.25, 0.3) is 10.5 Å². The highest BCUT2D eigenvalue weighted by atomic mass is 32.1. The lowest BCUT2D eigenvalue weighted by molar-refractivity contribution is -0.124. The van der Waals surface area contributed by atoms with Gasteiger partial charge in [-0.25, -0.2) is 9.78 Å². The Hall–Kier alpha value is -2.75. The van der Waals surface area contributed by atoms with Crippen molar-refractivity contribution in [3.63, 3.8) is 0 Å². The number of carbonyl (C=O) groups is 2. The second kappa shape index (κ2) is 10.8. The molecule has 9 heteroatoms. The van der Waals surface area contributed by atoms with Gasteiger partial charge in [0.2, 0.25) is 5.91 Å². The minimum atomic E-state index is -0.977. The lowest BCUT2D eigenvalue weighted by Gasteiger charge is -2.37. The van der Waals surface area contributed by atoms with Gasteiger partial charge in [0.25, 0.3) is 0 Å². The average molecular weight is 552 g/mol. The van der Waals surface area contributed by atoms with Crippen molar-refractivity contribution >= 4 is 50.8 Å². The van der Waals surface area contributed by atoms with E-state index in [0.717, 1.165) is 66.1 Å². The first-order chi connectivity index (χ1) is 18.5. The van der Waals surface area contributed by atoms with Crippen molar-refractivity contribution in [2.45, 2.75) is 63.8 Å². The number of carboxylic acids is 1. The monoisotopic (exact) mass is 551 g/mol. The number of amides is 1. The number of nitrogens with zero attached hydrogens (tertiary/aromatic N) is 3. The fourth-order valence-electron chi connectivity index (χ4n) is 5.94. The largest absolute Gasteiger partial charge is 0.477 e. The van der Waals surface area contributed by atoms with Crippen molar-refractivity contribution in [3.8, 4) is 0 Å². The molecule has 1 N–H and O–H groups in total. The number of anilines is 1. The van der Waals surface area contributed by atoms with Crippen LogP contribution in [0.2, 0.25) is 0 Å². The quantitative estimate of drug-likeness (QED) is 0.372. The molecule has 1 saturated heterocycles. The minimum absolute atomic E-state index is 0.0359. The lowest BCUT2D eigenvalue weighted by atomic mass is 9.82. The summed E-state index contributed by atoms with van der Waals surface area (Å²) >= 11 is 2.89. The van der Waals surface area contributed by atoms with E-state index < -0.39 is 5.97 Å². The van der Waals surface area contributed by atoms with Crippen molar-refractivity contribution in [2.75, 3.05) is 18.1 Å². The van der Waals surface area contributed by atoms with Crippen LogP contribution in [0.4, 0.5) is 5.69 Å². The summed E-state index contributed by atoms with van der Waals surface area (Å²) in [4.78, 5) is 35.1. The third-order valence-electron chi connectivity index (χ3n) is 8.20. The zero-order chi connectivity index (χ0) is 26.2. The minimum Gasteiger partial charge on any atom is -0.477 e. The van der Waals surface area contributed by atoms with Crippen LogP contribution in [0.1, 0.15) is 78.0 Å². The normalized spacial score (nSPS) is 24.4. The number of allylic oxidation sites excluding steroid dienone is 4. The number of ether oxygens (including phenoxy) is 1. The van der Waals surface area contributed by atoms with Gasteiger partial charge in [0.15, 0.2) is 4.96 Å². The molecule has 0 spiro atoms. The first-order valence-electron chi connectivity index (χ1n) is 13.6. The van der Waals surface area contributed by atoms with Gasteiger partial charge in [0.05, 0.1) is 11.4 Å². The van der Waals surface area contributed by atoms with Gasteiger partial charge in [-0.3, -0.25) is 9.20 Å². The number of aromatic carboxylic acids is 1. The fraction of sp³-hybridized carbons (Fsp3) is 0.483. The number of fused-ring (bicyclic) bond motifs is 1. The zero-order valence-corrected chi connectivity index (χ0v) is 23.2. The molecule has 3 aliphatic rings. The maximum atomic E-state index is 14.0. The Morgan fingerprint density at radius 1 is 1.16 bits per heavy atom. The summed E-state index contributed by atoms with van der Waals surface area (Å²) in [6.07, 6.45) is 16.6. The average Bonchev–Trinajstić information content (AvgIpc) is 3.66. The molecular formula is C29H33N3O4S2. The second-order valence-electron chi connectivity index (χ2n) is 10.8. The van der Waals surface area contributed by atoms with E-state index in [1.807, 2.05) is 26.9 Å². The Kier molecular flexibility index (Phi) is 7.24. The van der Waals surface area contributed by atoms with Gasteiger partial charge >= 0.3 is 5.97 Å². The van der Waals surface area contributed by atoms with E-state index in [2.05, 4.69) is 31.3 Å². The number of aromatic nitrogens is 2. The third kappa shape index (κ3) is 4.99.